The van der Waals surface area contributed by atoms with Crippen molar-refractivity contribution < 1.29 is 0 Å². The summed E-state index contributed by atoms with van der Waals surface area (Å²) in [7, 11) is 0. The van der Waals surface area contributed by atoms with Gasteiger partial charge in [-0.1, -0.05) is 29.8 Å². The van der Waals surface area contributed by atoms with Gasteiger partial charge in [0, 0.05) is 40.5 Å². The summed E-state index contributed by atoms with van der Waals surface area (Å²) >= 11 is 7.54. The Morgan fingerprint density at radius 3 is 2.78 bits per heavy atom. The maximum atomic E-state index is 5.98. The van der Waals surface area contributed by atoms with Gasteiger partial charge >= 0.3 is 0 Å². The zero-order valence-electron chi connectivity index (χ0n) is 12.6. The van der Waals surface area contributed by atoms with Gasteiger partial charge in [0.05, 0.1) is 11.9 Å². The summed E-state index contributed by atoms with van der Waals surface area (Å²) in [6, 6.07) is 11.6. The molecule has 3 aromatic rings. The number of nitrogens with zero attached hydrogens (tertiary/aromatic N) is 4. The van der Waals surface area contributed by atoms with Crippen LogP contribution in [0.5, 0.6) is 0 Å². The third-order valence-electron chi connectivity index (χ3n) is 3.13. The van der Waals surface area contributed by atoms with Gasteiger partial charge in [0.25, 0.3) is 0 Å². The van der Waals surface area contributed by atoms with Crippen LogP contribution in [0.2, 0.25) is 5.02 Å². The predicted octanol–water partition coefficient (Wildman–Crippen LogP) is 4.07. The second kappa shape index (κ2) is 7.35. The quantitative estimate of drug-likeness (QED) is 0.659. The number of thiazole rings is 1. The van der Waals surface area contributed by atoms with Crippen LogP contribution in [-0.4, -0.2) is 22.4 Å². The molecule has 116 valence electrons. The van der Waals surface area contributed by atoms with Crippen molar-refractivity contribution >= 4 is 29.2 Å². The van der Waals surface area contributed by atoms with Gasteiger partial charge in [0.2, 0.25) is 4.80 Å². The van der Waals surface area contributed by atoms with Crippen LogP contribution in [0.25, 0.3) is 11.3 Å². The van der Waals surface area contributed by atoms with Crippen molar-refractivity contribution in [3.05, 3.63) is 69.6 Å². The second-order valence-electron chi connectivity index (χ2n) is 4.73. The van der Waals surface area contributed by atoms with Gasteiger partial charge in [0.15, 0.2) is 0 Å². The minimum atomic E-state index is 0.711. The molecular formula is C17H15ClN4S. The minimum Gasteiger partial charge on any atom is -0.264 e. The first-order valence-electron chi connectivity index (χ1n) is 7.19. The molecule has 6 heteroatoms. The lowest BCUT2D eigenvalue weighted by Gasteiger charge is -2.03. The molecule has 23 heavy (non-hydrogen) atoms. The van der Waals surface area contributed by atoms with Crippen LogP contribution in [0.3, 0.4) is 0 Å². The number of hydrogen-bond donors (Lipinski definition) is 0. The molecule has 0 saturated carbocycles. The van der Waals surface area contributed by atoms with E-state index < -0.39 is 0 Å². The SMILES string of the molecule is CCN=c1scc(-c2ccc(Cl)cc2)n1N=Cc1cccnc1. The summed E-state index contributed by atoms with van der Waals surface area (Å²) in [6.07, 6.45) is 5.30. The van der Waals surface area contributed by atoms with Crippen molar-refractivity contribution in [1.82, 2.24) is 9.66 Å². The lowest BCUT2D eigenvalue weighted by Crippen LogP contribution is -2.12. The first kappa shape index (κ1) is 15.6. The fraction of sp³-hybridized carbons (Fsp3) is 0.118. The highest BCUT2D eigenvalue weighted by atomic mass is 35.5. The number of hydrogen-bond acceptors (Lipinski definition) is 4. The van der Waals surface area contributed by atoms with Crippen LogP contribution < -0.4 is 4.80 Å². The highest BCUT2D eigenvalue weighted by Crippen LogP contribution is 2.22. The van der Waals surface area contributed by atoms with Gasteiger partial charge in [-0.25, -0.2) is 4.68 Å². The van der Waals surface area contributed by atoms with E-state index in [0.29, 0.717) is 11.6 Å². The Balaban J connectivity index is 2.06. The Morgan fingerprint density at radius 2 is 2.09 bits per heavy atom. The first-order chi connectivity index (χ1) is 11.3. The molecule has 0 atom stereocenters. The van der Waals surface area contributed by atoms with Crippen LogP contribution in [0.4, 0.5) is 0 Å². The molecule has 2 heterocycles. The monoisotopic (exact) mass is 342 g/mol. The molecule has 0 spiro atoms. The highest BCUT2D eigenvalue weighted by molar-refractivity contribution is 7.07. The zero-order chi connectivity index (χ0) is 16.1. The van der Waals surface area contributed by atoms with E-state index in [4.69, 9.17) is 11.6 Å². The van der Waals surface area contributed by atoms with E-state index in [1.54, 1.807) is 29.9 Å². The smallest absolute Gasteiger partial charge is 0.206 e. The summed E-state index contributed by atoms with van der Waals surface area (Å²) in [5, 5.41) is 7.36. The highest BCUT2D eigenvalue weighted by Gasteiger charge is 2.07. The molecule has 1 aromatic carbocycles. The third kappa shape index (κ3) is 3.75. The molecule has 0 unspecified atom stereocenters. The molecule has 0 bridgehead atoms. The number of pyridine rings is 1. The second-order valence-corrected chi connectivity index (χ2v) is 6.00. The molecule has 0 amide bonds. The Hall–Kier alpha value is -2.24. The molecule has 3 rings (SSSR count). The van der Waals surface area contributed by atoms with E-state index in [0.717, 1.165) is 21.6 Å². The summed E-state index contributed by atoms with van der Waals surface area (Å²) < 4.78 is 1.85. The van der Waals surface area contributed by atoms with E-state index >= 15 is 0 Å². The summed E-state index contributed by atoms with van der Waals surface area (Å²) in [4.78, 5) is 9.47. The van der Waals surface area contributed by atoms with Crippen molar-refractivity contribution in [2.45, 2.75) is 6.92 Å². The normalized spacial score (nSPS) is 12.2. The van der Waals surface area contributed by atoms with Crippen molar-refractivity contribution in [3.8, 4) is 11.3 Å². The molecule has 0 radical (unpaired) electrons. The van der Waals surface area contributed by atoms with Crippen molar-refractivity contribution in [2.75, 3.05) is 6.54 Å². The predicted molar refractivity (Wildman–Crippen MR) is 96.1 cm³/mol. The fourth-order valence-electron chi connectivity index (χ4n) is 2.05. The summed E-state index contributed by atoms with van der Waals surface area (Å²) in [6.45, 7) is 2.72. The van der Waals surface area contributed by atoms with Gasteiger partial charge in [-0.15, -0.1) is 11.3 Å². The number of aromatic nitrogens is 2. The number of rotatable bonds is 4. The van der Waals surface area contributed by atoms with Gasteiger partial charge in [-0.3, -0.25) is 9.98 Å². The molecule has 4 nitrogen and oxygen atoms in total. The topological polar surface area (TPSA) is 42.5 Å². The molecule has 0 N–H and O–H groups in total. The van der Waals surface area contributed by atoms with Crippen LogP contribution in [0.15, 0.2) is 64.3 Å². The molecule has 0 aliphatic rings. The average molecular weight is 343 g/mol. The Labute approximate surface area is 143 Å². The van der Waals surface area contributed by atoms with Crippen LogP contribution in [-0.2, 0) is 0 Å². The molecule has 0 saturated heterocycles. The summed E-state index contributed by atoms with van der Waals surface area (Å²) in [5.74, 6) is 0. The maximum Gasteiger partial charge on any atom is 0.206 e. The maximum absolute atomic E-state index is 5.98. The fourth-order valence-corrected chi connectivity index (χ4v) is 3.08. The molecule has 0 fully saturated rings. The molecule has 0 aliphatic heterocycles. The minimum absolute atomic E-state index is 0.711. The largest absolute Gasteiger partial charge is 0.264 e. The lowest BCUT2D eigenvalue weighted by molar-refractivity contribution is 0.833. The van der Waals surface area contributed by atoms with Crippen molar-refractivity contribution in [3.63, 3.8) is 0 Å². The van der Waals surface area contributed by atoms with E-state index in [1.165, 1.54) is 0 Å². The summed E-state index contributed by atoms with van der Waals surface area (Å²) in [5.41, 5.74) is 2.97. The van der Waals surface area contributed by atoms with Crippen LogP contribution in [0.1, 0.15) is 12.5 Å². The number of halogens is 1. The van der Waals surface area contributed by atoms with Crippen LogP contribution >= 0.6 is 22.9 Å². The first-order valence-corrected chi connectivity index (χ1v) is 8.45. The Morgan fingerprint density at radius 1 is 1.26 bits per heavy atom. The number of benzene rings is 1. The van der Waals surface area contributed by atoms with Crippen molar-refractivity contribution in [1.29, 1.82) is 0 Å². The Bertz CT molecular complexity index is 864. The van der Waals surface area contributed by atoms with Crippen LogP contribution in [0, 0.1) is 0 Å². The van der Waals surface area contributed by atoms with Gasteiger partial charge < -0.3 is 0 Å². The van der Waals surface area contributed by atoms with E-state index in [-0.39, 0.29) is 0 Å². The molecule has 2 aromatic heterocycles. The third-order valence-corrected chi connectivity index (χ3v) is 4.23. The Kier molecular flexibility index (Phi) is 5.00. The van der Waals surface area contributed by atoms with Gasteiger partial charge in [-0.2, -0.15) is 5.10 Å². The lowest BCUT2D eigenvalue weighted by atomic mass is 10.2. The average Bonchev–Trinajstić information content (AvgIpc) is 2.98. The van der Waals surface area contributed by atoms with E-state index in [2.05, 4.69) is 20.5 Å². The molecule has 0 aliphatic carbocycles. The van der Waals surface area contributed by atoms with E-state index in [9.17, 15) is 0 Å². The van der Waals surface area contributed by atoms with Crippen molar-refractivity contribution in [2.24, 2.45) is 10.1 Å². The van der Waals surface area contributed by atoms with E-state index in [1.807, 2.05) is 48.0 Å². The zero-order valence-corrected chi connectivity index (χ0v) is 14.1. The molecular weight excluding hydrogens is 328 g/mol. The standard InChI is InChI=1S/C17H15ClN4S/c1-2-20-17-22(21-11-13-4-3-9-19-10-13)16(12-23-17)14-5-7-15(18)8-6-14/h3-12H,2H2,1H3. The van der Waals surface area contributed by atoms with Gasteiger partial charge in [-0.05, 0) is 25.1 Å². The van der Waals surface area contributed by atoms with Gasteiger partial charge in [0.1, 0.15) is 0 Å².